The molecule has 1 N–H and O–H groups in total. The van der Waals surface area contributed by atoms with Crippen molar-refractivity contribution in [3.8, 4) is 0 Å². The summed E-state index contributed by atoms with van der Waals surface area (Å²) in [4.78, 5) is 24.0. The lowest BCUT2D eigenvalue weighted by Crippen LogP contribution is -2.69. The Morgan fingerprint density at radius 1 is 1.41 bits per heavy atom. The fourth-order valence-electron chi connectivity index (χ4n) is 1.82. The van der Waals surface area contributed by atoms with E-state index in [2.05, 4.69) is 15.9 Å². The highest BCUT2D eigenvalue weighted by Gasteiger charge is 2.53. The lowest BCUT2D eigenvalue weighted by molar-refractivity contribution is -0.155. The van der Waals surface area contributed by atoms with Crippen LogP contribution in [0.5, 0.6) is 0 Å². The maximum absolute atomic E-state index is 11.7. The highest BCUT2D eigenvalue weighted by atomic mass is 79.9. The standard InChI is InChI=1S/C11H10BrNO4/c1-17-9-8(11(15)16)13(10(9)14)7-4-2-6(12)3-5-7/h2-5,8-9H,1H3,(H,15,16). The fourth-order valence-corrected chi connectivity index (χ4v) is 2.09. The Labute approximate surface area is 106 Å². The first-order valence-corrected chi connectivity index (χ1v) is 5.70. The summed E-state index contributed by atoms with van der Waals surface area (Å²) < 4.78 is 5.73. The van der Waals surface area contributed by atoms with Crippen LogP contribution in [0.3, 0.4) is 0 Å². The minimum atomic E-state index is -1.07. The topological polar surface area (TPSA) is 66.8 Å². The van der Waals surface area contributed by atoms with E-state index in [1.165, 1.54) is 12.0 Å². The van der Waals surface area contributed by atoms with Crippen LogP contribution in [0, 0.1) is 0 Å². The second-order valence-electron chi connectivity index (χ2n) is 3.62. The van der Waals surface area contributed by atoms with Crippen molar-refractivity contribution in [1.82, 2.24) is 0 Å². The van der Waals surface area contributed by atoms with Gasteiger partial charge in [0, 0.05) is 17.3 Å². The molecular weight excluding hydrogens is 290 g/mol. The number of benzene rings is 1. The predicted octanol–water partition coefficient (Wildman–Crippen LogP) is 1.26. The largest absolute Gasteiger partial charge is 0.480 e. The highest BCUT2D eigenvalue weighted by molar-refractivity contribution is 9.10. The molecule has 2 unspecified atom stereocenters. The molecule has 1 aliphatic heterocycles. The molecular formula is C11H10BrNO4. The van der Waals surface area contributed by atoms with Gasteiger partial charge in [0.05, 0.1) is 0 Å². The molecule has 2 atom stereocenters. The Morgan fingerprint density at radius 3 is 2.47 bits per heavy atom. The predicted molar refractivity (Wildman–Crippen MR) is 63.8 cm³/mol. The minimum absolute atomic E-state index is 0.331. The van der Waals surface area contributed by atoms with Crippen LogP contribution < -0.4 is 4.90 Å². The number of carbonyl (C=O) groups is 2. The number of carboxylic acids is 1. The first kappa shape index (κ1) is 12.1. The molecule has 1 aromatic rings. The Morgan fingerprint density at radius 2 is 2.00 bits per heavy atom. The molecule has 1 saturated heterocycles. The van der Waals surface area contributed by atoms with E-state index in [1.807, 2.05) is 0 Å². The van der Waals surface area contributed by atoms with Crippen LogP contribution in [0.25, 0.3) is 0 Å². The van der Waals surface area contributed by atoms with Crippen molar-refractivity contribution in [3.05, 3.63) is 28.7 Å². The molecule has 0 aliphatic carbocycles. The molecule has 0 spiro atoms. The number of carbonyl (C=O) groups excluding carboxylic acids is 1. The van der Waals surface area contributed by atoms with Gasteiger partial charge < -0.3 is 9.84 Å². The summed E-state index contributed by atoms with van der Waals surface area (Å²) in [5, 5.41) is 9.06. The van der Waals surface area contributed by atoms with Crippen LogP contribution in [0.15, 0.2) is 28.7 Å². The van der Waals surface area contributed by atoms with Crippen LogP contribution in [-0.4, -0.2) is 36.2 Å². The molecule has 2 rings (SSSR count). The summed E-state index contributed by atoms with van der Waals surface area (Å²) in [5.41, 5.74) is 0.555. The van der Waals surface area contributed by atoms with E-state index in [4.69, 9.17) is 9.84 Å². The highest BCUT2D eigenvalue weighted by Crippen LogP contribution is 2.30. The van der Waals surface area contributed by atoms with Crippen LogP contribution >= 0.6 is 15.9 Å². The second kappa shape index (κ2) is 4.46. The zero-order chi connectivity index (χ0) is 12.6. The van der Waals surface area contributed by atoms with Crippen molar-refractivity contribution < 1.29 is 19.4 Å². The molecule has 1 fully saturated rings. The van der Waals surface area contributed by atoms with Crippen LogP contribution in [0.4, 0.5) is 5.69 Å². The Kier molecular flexibility index (Phi) is 3.17. The maximum Gasteiger partial charge on any atom is 0.330 e. The van der Waals surface area contributed by atoms with E-state index in [0.29, 0.717) is 5.69 Å². The van der Waals surface area contributed by atoms with E-state index in [1.54, 1.807) is 24.3 Å². The molecule has 0 bridgehead atoms. The third kappa shape index (κ3) is 1.94. The number of hydrogen-bond acceptors (Lipinski definition) is 3. The van der Waals surface area contributed by atoms with Gasteiger partial charge in [0.1, 0.15) is 0 Å². The number of halogens is 1. The number of carboxylic acid groups (broad SMARTS) is 1. The first-order valence-electron chi connectivity index (χ1n) is 4.90. The lowest BCUT2D eigenvalue weighted by Gasteiger charge is -2.43. The van der Waals surface area contributed by atoms with Crippen molar-refractivity contribution >= 4 is 33.5 Å². The monoisotopic (exact) mass is 299 g/mol. The van der Waals surface area contributed by atoms with Crippen molar-refractivity contribution in [2.24, 2.45) is 0 Å². The number of ether oxygens (including phenoxy) is 1. The fraction of sp³-hybridized carbons (Fsp3) is 0.273. The third-order valence-corrected chi connectivity index (χ3v) is 3.19. The van der Waals surface area contributed by atoms with Crippen molar-refractivity contribution in [2.45, 2.75) is 12.1 Å². The molecule has 0 radical (unpaired) electrons. The number of β-lactam (4-membered cyclic amide) rings is 1. The average molecular weight is 300 g/mol. The Balaban J connectivity index is 2.29. The summed E-state index contributed by atoms with van der Waals surface area (Å²) in [6.07, 6.45) is -0.892. The number of rotatable bonds is 3. The molecule has 90 valence electrons. The minimum Gasteiger partial charge on any atom is -0.480 e. The number of hydrogen-bond donors (Lipinski definition) is 1. The molecule has 1 heterocycles. The van der Waals surface area contributed by atoms with Gasteiger partial charge in [0.2, 0.25) is 0 Å². The third-order valence-electron chi connectivity index (χ3n) is 2.66. The molecule has 1 aliphatic rings. The van der Waals surface area contributed by atoms with Crippen molar-refractivity contribution in [2.75, 3.05) is 12.0 Å². The van der Waals surface area contributed by atoms with Gasteiger partial charge in [-0.3, -0.25) is 9.69 Å². The number of nitrogens with zero attached hydrogens (tertiary/aromatic N) is 1. The summed E-state index contributed by atoms with van der Waals surface area (Å²) in [7, 11) is 1.33. The SMILES string of the molecule is COC1C(=O)N(c2ccc(Br)cc2)C1C(=O)O. The van der Waals surface area contributed by atoms with Gasteiger partial charge in [-0.1, -0.05) is 15.9 Å². The zero-order valence-electron chi connectivity index (χ0n) is 8.96. The summed E-state index contributed by atoms with van der Waals surface area (Å²) in [6, 6.07) is 5.92. The number of methoxy groups -OCH3 is 1. The lowest BCUT2D eigenvalue weighted by atomic mass is 9.97. The first-order chi connectivity index (χ1) is 8.06. The van der Waals surface area contributed by atoms with E-state index in [-0.39, 0.29) is 5.91 Å². The summed E-state index contributed by atoms with van der Waals surface area (Å²) >= 11 is 3.27. The maximum atomic E-state index is 11.7. The van der Waals surface area contributed by atoms with E-state index >= 15 is 0 Å². The molecule has 0 aromatic heterocycles. The molecule has 6 heteroatoms. The van der Waals surface area contributed by atoms with Crippen LogP contribution in [-0.2, 0) is 14.3 Å². The van der Waals surface area contributed by atoms with Crippen molar-refractivity contribution in [3.63, 3.8) is 0 Å². The Bertz CT molecular complexity index is 459. The van der Waals surface area contributed by atoms with E-state index in [0.717, 1.165) is 4.47 Å². The van der Waals surface area contributed by atoms with Gasteiger partial charge in [0.15, 0.2) is 12.1 Å². The number of amides is 1. The smallest absolute Gasteiger partial charge is 0.330 e. The van der Waals surface area contributed by atoms with Gasteiger partial charge in [0.25, 0.3) is 5.91 Å². The number of anilines is 1. The van der Waals surface area contributed by atoms with Gasteiger partial charge in [-0.05, 0) is 24.3 Å². The molecule has 17 heavy (non-hydrogen) atoms. The summed E-state index contributed by atoms with van der Waals surface area (Å²) in [6.45, 7) is 0. The summed E-state index contributed by atoms with van der Waals surface area (Å²) in [5.74, 6) is -1.40. The molecule has 5 nitrogen and oxygen atoms in total. The second-order valence-corrected chi connectivity index (χ2v) is 4.54. The van der Waals surface area contributed by atoms with Crippen LogP contribution in [0.1, 0.15) is 0 Å². The average Bonchev–Trinajstić information content (AvgIpc) is 2.28. The molecule has 1 aromatic carbocycles. The number of aliphatic carboxylic acids is 1. The molecule has 1 amide bonds. The van der Waals surface area contributed by atoms with E-state index in [9.17, 15) is 9.59 Å². The van der Waals surface area contributed by atoms with Gasteiger partial charge in [-0.25, -0.2) is 4.79 Å². The Hall–Kier alpha value is -1.40. The molecule has 0 saturated carbocycles. The zero-order valence-corrected chi connectivity index (χ0v) is 10.5. The normalized spacial score (nSPS) is 23.4. The quantitative estimate of drug-likeness (QED) is 0.854. The van der Waals surface area contributed by atoms with Gasteiger partial charge in [-0.2, -0.15) is 0 Å². The van der Waals surface area contributed by atoms with Gasteiger partial charge >= 0.3 is 5.97 Å². The van der Waals surface area contributed by atoms with Crippen molar-refractivity contribution in [1.29, 1.82) is 0 Å². The van der Waals surface area contributed by atoms with Gasteiger partial charge in [-0.15, -0.1) is 0 Å². The van der Waals surface area contributed by atoms with Crippen LogP contribution in [0.2, 0.25) is 0 Å². The van der Waals surface area contributed by atoms with E-state index < -0.39 is 18.1 Å².